The first-order valence-electron chi connectivity index (χ1n) is 6.40. The van der Waals surface area contributed by atoms with Crippen molar-refractivity contribution in [2.24, 2.45) is 0 Å². The second kappa shape index (κ2) is 8.19. The highest BCUT2D eigenvalue weighted by molar-refractivity contribution is 6.02. The molecule has 0 aromatic carbocycles. The molecule has 0 bridgehead atoms. The molecule has 0 radical (unpaired) electrons. The lowest BCUT2D eigenvalue weighted by Crippen LogP contribution is -3.12. The number of nitrogens with one attached hydrogen (secondary N) is 2. The standard InChI is InChI=1S/C13H20N2O2.2BrH/c1-10-13(17)12(16)6-9-15(10)8-5-11-4-3-7-14(11)2;;/h6,9,11,17H,3-5,7-8H2,1-2H3;2*1H. The monoisotopic (exact) mass is 396 g/mol. The summed E-state index contributed by atoms with van der Waals surface area (Å²) in [4.78, 5) is 14.0. The van der Waals surface area contributed by atoms with Crippen molar-refractivity contribution in [3.05, 3.63) is 23.7 Å². The zero-order valence-electron chi connectivity index (χ0n) is 11.4. The van der Waals surface area contributed by atoms with Gasteiger partial charge in [0.2, 0.25) is 11.5 Å². The molecule has 4 nitrogen and oxygen atoms in total. The number of carbonyl (C=O) groups is 1. The molecule has 3 N–H and O–H groups in total. The molecular formula is C13H22Br2N2O2. The Morgan fingerprint density at radius 3 is 2.68 bits per heavy atom. The van der Waals surface area contributed by atoms with E-state index in [9.17, 15) is 9.90 Å². The van der Waals surface area contributed by atoms with Crippen molar-refractivity contribution in [1.82, 2.24) is 0 Å². The lowest BCUT2D eigenvalue weighted by Gasteiger charge is -2.21. The molecule has 2 rings (SSSR count). The third kappa shape index (κ3) is 4.41. The summed E-state index contributed by atoms with van der Waals surface area (Å²) >= 11 is 0. The molecule has 0 aromatic heterocycles. The van der Waals surface area contributed by atoms with Crippen LogP contribution in [0.3, 0.4) is 0 Å². The number of aliphatic hydroxyl groups is 1. The summed E-state index contributed by atoms with van der Waals surface area (Å²) in [7, 11) is 2.25. The molecule has 3 atom stereocenters. The maximum atomic E-state index is 11.3. The Kier molecular flexibility index (Phi) is 8.12. The molecule has 0 aliphatic carbocycles. The van der Waals surface area contributed by atoms with E-state index in [-0.39, 0.29) is 45.5 Å². The first kappa shape index (κ1) is 18.8. The smallest absolute Gasteiger partial charge is 0.231 e. The average molecular weight is 398 g/mol. The van der Waals surface area contributed by atoms with Gasteiger partial charge in [-0.3, -0.25) is 9.69 Å². The number of hydrogen-bond acceptors (Lipinski definition) is 2. The maximum absolute atomic E-state index is 11.3. The molecular weight excluding hydrogens is 376 g/mol. The van der Waals surface area contributed by atoms with Gasteiger partial charge in [0.05, 0.1) is 26.2 Å². The van der Waals surface area contributed by atoms with Crippen molar-refractivity contribution in [1.29, 1.82) is 0 Å². The summed E-state index contributed by atoms with van der Waals surface area (Å²) in [6, 6.07) is 0.739. The second-order valence-electron chi connectivity index (χ2n) is 5.17. The van der Waals surface area contributed by atoms with Crippen LogP contribution in [-0.2, 0) is 4.79 Å². The number of quaternary nitrogens is 2. The predicted octanol–water partition coefficient (Wildman–Crippen LogP) is -7.17. The van der Waals surface area contributed by atoms with Gasteiger partial charge in [0.15, 0.2) is 5.70 Å². The van der Waals surface area contributed by atoms with Crippen LogP contribution in [0.2, 0.25) is 0 Å². The highest BCUT2D eigenvalue weighted by Gasteiger charge is 2.28. The van der Waals surface area contributed by atoms with Gasteiger partial charge in [0.25, 0.3) is 0 Å². The maximum Gasteiger partial charge on any atom is 0.231 e. The van der Waals surface area contributed by atoms with Crippen molar-refractivity contribution in [3.63, 3.8) is 0 Å². The number of carbonyl (C=O) groups excluding carboxylic acids is 1. The van der Waals surface area contributed by atoms with Crippen molar-refractivity contribution in [2.75, 3.05) is 20.1 Å². The molecule has 2 aliphatic rings. The van der Waals surface area contributed by atoms with Crippen molar-refractivity contribution in [3.8, 4) is 0 Å². The van der Waals surface area contributed by atoms with E-state index in [4.69, 9.17) is 0 Å². The number of aliphatic hydroxyl groups excluding tert-OH is 1. The Bertz CT molecular complexity index is 383. The van der Waals surface area contributed by atoms with Gasteiger partial charge >= 0.3 is 0 Å². The normalized spacial score (nSPS) is 30.0. The Labute approximate surface area is 135 Å². The van der Waals surface area contributed by atoms with Crippen LogP contribution in [0, 0.1) is 0 Å². The van der Waals surface area contributed by atoms with Crippen LogP contribution in [0.15, 0.2) is 23.7 Å². The molecule has 0 saturated carbocycles. The van der Waals surface area contributed by atoms with E-state index in [0.29, 0.717) is 0 Å². The average Bonchev–Trinajstić information content (AvgIpc) is 2.71. The summed E-state index contributed by atoms with van der Waals surface area (Å²) in [5.74, 6) is -0.343. The lowest BCUT2D eigenvalue weighted by atomic mass is 10.1. The number of ketones is 1. The van der Waals surface area contributed by atoms with Crippen LogP contribution >= 0.6 is 0 Å². The Balaban J connectivity index is 0.00000162. The Morgan fingerprint density at radius 1 is 1.42 bits per heavy atom. The van der Waals surface area contributed by atoms with Crippen LogP contribution in [0.4, 0.5) is 0 Å². The minimum Gasteiger partial charge on any atom is -1.00 e. The van der Waals surface area contributed by atoms with Crippen LogP contribution in [0.5, 0.6) is 0 Å². The molecule has 3 unspecified atom stereocenters. The van der Waals surface area contributed by atoms with Gasteiger partial charge in [-0.2, -0.15) is 0 Å². The first-order valence-corrected chi connectivity index (χ1v) is 6.40. The molecule has 0 spiro atoms. The van der Waals surface area contributed by atoms with E-state index in [0.717, 1.165) is 29.6 Å². The quantitative estimate of drug-likeness (QED) is 0.443. The molecule has 1 saturated heterocycles. The van der Waals surface area contributed by atoms with Crippen molar-refractivity contribution in [2.45, 2.75) is 32.2 Å². The topological polar surface area (TPSA) is 46.2 Å². The van der Waals surface area contributed by atoms with Crippen molar-refractivity contribution >= 4 is 5.78 Å². The number of rotatable bonds is 3. The summed E-state index contributed by atoms with van der Waals surface area (Å²) in [5.41, 5.74) is 0.758. The van der Waals surface area contributed by atoms with Gasteiger partial charge in [0, 0.05) is 32.3 Å². The van der Waals surface area contributed by atoms with E-state index < -0.39 is 0 Å². The van der Waals surface area contributed by atoms with Crippen molar-refractivity contribution < 1.29 is 53.7 Å². The van der Waals surface area contributed by atoms with E-state index in [1.807, 2.05) is 13.1 Å². The molecule has 2 heterocycles. The fourth-order valence-corrected chi connectivity index (χ4v) is 2.79. The molecule has 1 fully saturated rings. The number of hydrogen-bond donors (Lipinski definition) is 3. The molecule has 110 valence electrons. The second-order valence-corrected chi connectivity index (χ2v) is 5.17. The molecule has 0 aromatic rings. The van der Waals surface area contributed by atoms with E-state index in [1.165, 1.54) is 25.5 Å². The van der Waals surface area contributed by atoms with E-state index in [2.05, 4.69) is 7.05 Å². The van der Waals surface area contributed by atoms with Gasteiger partial charge in [-0.05, 0) is 0 Å². The zero-order chi connectivity index (χ0) is 12.4. The number of likely N-dealkylation sites (tertiary alicyclic amines) is 1. The van der Waals surface area contributed by atoms with Gasteiger partial charge in [0.1, 0.15) is 6.20 Å². The van der Waals surface area contributed by atoms with Crippen LogP contribution in [0.1, 0.15) is 26.2 Å². The first-order chi connectivity index (χ1) is 8.09. The fraction of sp³-hybridized carbons (Fsp3) is 0.615. The van der Waals surface area contributed by atoms with Gasteiger partial charge in [-0.15, -0.1) is 0 Å². The van der Waals surface area contributed by atoms with Gasteiger partial charge in [-0.25, -0.2) is 0 Å². The minimum absolute atomic E-state index is 0. The molecule has 0 amide bonds. The lowest BCUT2D eigenvalue weighted by molar-refractivity contribution is -0.897. The summed E-state index contributed by atoms with van der Waals surface area (Å²) < 4.78 is 0. The molecule has 19 heavy (non-hydrogen) atoms. The third-order valence-electron chi connectivity index (χ3n) is 4.09. The van der Waals surface area contributed by atoms with E-state index >= 15 is 0 Å². The fourth-order valence-electron chi connectivity index (χ4n) is 2.79. The predicted molar refractivity (Wildman–Crippen MR) is 64.7 cm³/mol. The Hall–Kier alpha value is -0.170. The summed E-state index contributed by atoms with van der Waals surface area (Å²) in [6.07, 6.45) is 7.10. The third-order valence-corrected chi connectivity index (χ3v) is 4.09. The van der Waals surface area contributed by atoms with Crippen LogP contribution < -0.4 is 43.8 Å². The largest absolute Gasteiger partial charge is 1.00 e. The highest BCUT2D eigenvalue weighted by Crippen LogP contribution is 2.04. The highest BCUT2D eigenvalue weighted by atomic mass is 79.9. The van der Waals surface area contributed by atoms with E-state index in [1.54, 1.807) is 4.90 Å². The Morgan fingerprint density at radius 2 is 2.11 bits per heavy atom. The zero-order valence-corrected chi connectivity index (χ0v) is 14.6. The SMILES string of the molecule is CC1=C(O)C(=O)C=C[NH+]1CCC1CCC[NH+]1C.[Br-].[Br-]. The number of allylic oxidation sites excluding steroid dienone is 2. The van der Waals surface area contributed by atoms with Crippen LogP contribution in [0.25, 0.3) is 0 Å². The summed E-state index contributed by atoms with van der Waals surface area (Å²) in [6.45, 7) is 4.06. The summed E-state index contributed by atoms with van der Waals surface area (Å²) in [5, 5.41) is 9.61. The van der Waals surface area contributed by atoms with Crippen LogP contribution in [-0.4, -0.2) is 37.1 Å². The van der Waals surface area contributed by atoms with Gasteiger partial charge in [-0.1, -0.05) is 0 Å². The molecule has 6 heteroatoms. The molecule has 2 aliphatic heterocycles. The number of halogens is 2. The van der Waals surface area contributed by atoms with Gasteiger partial charge < -0.3 is 44.0 Å². The minimum atomic E-state index is -0.269.